The van der Waals surface area contributed by atoms with Gasteiger partial charge in [-0.2, -0.15) is 0 Å². The van der Waals surface area contributed by atoms with Crippen molar-refractivity contribution in [1.82, 2.24) is 0 Å². The minimum Gasteiger partial charge on any atom is -0.299 e. The molecule has 27 heavy (non-hydrogen) atoms. The summed E-state index contributed by atoms with van der Waals surface area (Å²) in [5, 5.41) is 0. The second-order valence-corrected chi connectivity index (χ2v) is 9.98. The van der Waals surface area contributed by atoms with Gasteiger partial charge in [-0.05, 0) is 66.9 Å². The Kier molecular flexibility index (Phi) is 3.80. The summed E-state index contributed by atoms with van der Waals surface area (Å²) in [6.45, 7) is 4.68. The maximum atomic E-state index is 12.7. The summed E-state index contributed by atoms with van der Waals surface area (Å²) in [4.78, 5) is 25.1. The molecule has 0 bridgehead atoms. The number of ketones is 2. The van der Waals surface area contributed by atoms with E-state index in [9.17, 15) is 9.59 Å². The number of carbonyl (C=O) groups excluding carboxylic acids is 2. The van der Waals surface area contributed by atoms with Gasteiger partial charge in [0.15, 0.2) is 5.78 Å². The number of fused-ring (bicyclic) bond motifs is 5. The number of rotatable bonds is 1. The molecule has 0 heterocycles. The van der Waals surface area contributed by atoms with Gasteiger partial charge in [0, 0.05) is 24.2 Å². The van der Waals surface area contributed by atoms with Crippen molar-refractivity contribution in [2.45, 2.75) is 64.7 Å². The average molecular weight is 363 g/mol. The van der Waals surface area contributed by atoms with Crippen molar-refractivity contribution in [2.24, 2.45) is 28.6 Å². The van der Waals surface area contributed by atoms with Crippen molar-refractivity contribution in [3.63, 3.8) is 0 Å². The molecule has 4 aliphatic rings. The molecule has 1 aromatic rings. The number of benzene rings is 1. The van der Waals surface area contributed by atoms with Crippen LogP contribution in [0.1, 0.15) is 70.3 Å². The van der Waals surface area contributed by atoms with Crippen LogP contribution in [-0.2, 0) is 9.59 Å². The monoisotopic (exact) mass is 362 g/mol. The number of hydrogen-bond acceptors (Lipinski definition) is 2. The smallest absolute Gasteiger partial charge is 0.155 e. The van der Waals surface area contributed by atoms with Gasteiger partial charge < -0.3 is 0 Å². The summed E-state index contributed by atoms with van der Waals surface area (Å²) in [6, 6.07) is 10.8. The zero-order valence-electron chi connectivity index (χ0n) is 16.5. The maximum absolute atomic E-state index is 12.7. The van der Waals surface area contributed by atoms with Crippen LogP contribution in [0.5, 0.6) is 0 Å². The zero-order chi connectivity index (χ0) is 18.8. The highest BCUT2D eigenvalue weighted by atomic mass is 16.1. The summed E-state index contributed by atoms with van der Waals surface area (Å²) < 4.78 is 0. The average Bonchev–Trinajstić information content (AvgIpc) is 2.98. The lowest BCUT2D eigenvalue weighted by atomic mass is 9.45. The predicted octanol–water partition coefficient (Wildman–Crippen LogP) is 5.48. The van der Waals surface area contributed by atoms with E-state index in [0.29, 0.717) is 41.7 Å². The molecule has 6 atom stereocenters. The van der Waals surface area contributed by atoms with Gasteiger partial charge in [0.05, 0.1) is 0 Å². The van der Waals surface area contributed by atoms with E-state index in [1.54, 1.807) is 0 Å². The SMILES string of the molecule is CC12CCC3C(C[C@@H](c4ccccc4)C4=CC(=O)CCC43C)C1CCC2=O. The van der Waals surface area contributed by atoms with Gasteiger partial charge in [-0.3, -0.25) is 9.59 Å². The van der Waals surface area contributed by atoms with Crippen molar-refractivity contribution in [3.8, 4) is 0 Å². The van der Waals surface area contributed by atoms with Crippen molar-refractivity contribution in [1.29, 1.82) is 0 Å². The lowest BCUT2D eigenvalue weighted by molar-refractivity contribution is -0.132. The molecular formula is C25H30O2. The first-order valence-corrected chi connectivity index (χ1v) is 10.8. The lowest BCUT2D eigenvalue weighted by Gasteiger charge is -2.59. The Bertz CT molecular complexity index is 822. The van der Waals surface area contributed by atoms with E-state index in [2.05, 4.69) is 44.2 Å². The Balaban J connectivity index is 1.62. The third-order valence-corrected chi connectivity index (χ3v) is 8.92. The third kappa shape index (κ3) is 2.38. The fourth-order valence-electron chi connectivity index (χ4n) is 7.41. The van der Waals surface area contributed by atoms with Crippen LogP contribution in [0.3, 0.4) is 0 Å². The fraction of sp³-hybridized carbons (Fsp3) is 0.600. The third-order valence-electron chi connectivity index (χ3n) is 8.92. The van der Waals surface area contributed by atoms with Crippen molar-refractivity contribution < 1.29 is 9.59 Å². The summed E-state index contributed by atoms with van der Waals surface area (Å²) >= 11 is 0. The normalized spacial score (nSPS) is 43.6. The molecule has 0 spiro atoms. The second kappa shape index (κ2) is 5.90. The van der Waals surface area contributed by atoms with Crippen LogP contribution in [0.25, 0.3) is 0 Å². The van der Waals surface area contributed by atoms with E-state index < -0.39 is 0 Å². The van der Waals surface area contributed by atoms with Gasteiger partial charge in [0.1, 0.15) is 5.78 Å². The lowest BCUT2D eigenvalue weighted by Crippen LogP contribution is -2.52. The van der Waals surface area contributed by atoms with Gasteiger partial charge in [-0.1, -0.05) is 49.8 Å². The molecule has 3 saturated carbocycles. The highest BCUT2D eigenvalue weighted by Crippen LogP contribution is 2.66. The molecule has 2 nitrogen and oxygen atoms in total. The molecule has 0 aliphatic heterocycles. The summed E-state index contributed by atoms with van der Waals surface area (Å²) in [5.41, 5.74) is 2.76. The van der Waals surface area contributed by atoms with Crippen LogP contribution >= 0.6 is 0 Å². The summed E-state index contributed by atoms with van der Waals surface area (Å²) in [6.07, 6.45) is 8.83. The van der Waals surface area contributed by atoms with Gasteiger partial charge in [-0.25, -0.2) is 0 Å². The molecule has 5 unspecified atom stereocenters. The van der Waals surface area contributed by atoms with Crippen LogP contribution in [0, 0.1) is 28.6 Å². The molecule has 4 aliphatic carbocycles. The highest BCUT2D eigenvalue weighted by Gasteiger charge is 2.60. The Morgan fingerprint density at radius 3 is 2.41 bits per heavy atom. The Morgan fingerprint density at radius 2 is 1.63 bits per heavy atom. The van der Waals surface area contributed by atoms with Crippen molar-refractivity contribution >= 4 is 11.6 Å². The van der Waals surface area contributed by atoms with E-state index in [1.165, 1.54) is 11.1 Å². The number of allylic oxidation sites excluding steroid dienone is 1. The summed E-state index contributed by atoms with van der Waals surface area (Å²) in [7, 11) is 0. The predicted molar refractivity (Wildman–Crippen MR) is 106 cm³/mol. The first-order chi connectivity index (χ1) is 12.9. The van der Waals surface area contributed by atoms with Gasteiger partial charge in [0.25, 0.3) is 0 Å². The minimum atomic E-state index is -0.0928. The molecule has 3 fully saturated rings. The highest BCUT2D eigenvalue weighted by molar-refractivity contribution is 5.92. The van der Waals surface area contributed by atoms with Gasteiger partial charge in [0.2, 0.25) is 0 Å². The van der Waals surface area contributed by atoms with Crippen molar-refractivity contribution in [3.05, 3.63) is 47.5 Å². The quantitative estimate of drug-likeness (QED) is 0.663. The van der Waals surface area contributed by atoms with Crippen LogP contribution in [-0.4, -0.2) is 11.6 Å². The molecule has 0 N–H and O–H groups in total. The molecule has 0 radical (unpaired) electrons. The molecular weight excluding hydrogens is 332 g/mol. The van der Waals surface area contributed by atoms with Gasteiger partial charge in [-0.15, -0.1) is 0 Å². The largest absolute Gasteiger partial charge is 0.299 e. The minimum absolute atomic E-state index is 0.0928. The number of hydrogen-bond donors (Lipinski definition) is 0. The molecule has 0 aromatic heterocycles. The fourth-order valence-corrected chi connectivity index (χ4v) is 7.41. The van der Waals surface area contributed by atoms with E-state index in [4.69, 9.17) is 0 Å². The first kappa shape index (κ1) is 17.4. The van der Waals surface area contributed by atoms with E-state index in [1.807, 2.05) is 6.08 Å². The molecule has 0 saturated heterocycles. The standard InChI is InChI=1S/C25H30O2/c1-24-12-10-17(26)14-22(24)18(16-6-4-3-5-7-16)15-19-20-8-9-23(27)25(20,2)13-11-21(19)24/h3-7,14,18-21H,8-13,15H2,1-2H3/t18-,19?,20?,21?,24?,25?/m0/s1. The van der Waals surface area contributed by atoms with E-state index in [0.717, 1.165) is 38.5 Å². The zero-order valence-corrected chi connectivity index (χ0v) is 16.5. The van der Waals surface area contributed by atoms with Crippen LogP contribution < -0.4 is 0 Å². The molecule has 2 heteroatoms. The Morgan fingerprint density at radius 1 is 0.889 bits per heavy atom. The van der Waals surface area contributed by atoms with Crippen molar-refractivity contribution in [2.75, 3.05) is 0 Å². The van der Waals surface area contributed by atoms with Gasteiger partial charge >= 0.3 is 0 Å². The van der Waals surface area contributed by atoms with E-state index in [-0.39, 0.29) is 10.8 Å². The Hall–Kier alpha value is -1.70. The van der Waals surface area contributed by atoms with Crippen LogP contribution in [0.4, 0.5) is 0 Å². The number of carbonyl (C=O) groups is 2. The van der Waals surface area contributed by atoms with Crippen LogP contribution in [0.2, 0.25) is 0 Å². The second-order valence-electron chi connectivity index (χ2n) is 9.98. The molecule has 142 valence electrons. The first-order valence-electron chi connectivity index (χ1n) is 10.8. The Labute approximate surface area is 162 Å². The topological polar surface area (TPSA) is 34.1 Å². The number of Topliss-reactive ketones (excluding diaryl/α,β-unsaturated/α-hetero) is 1. The molecule has 5 rings (SSSR count). The maximum Gasteiger partial charge on any atom is 0.155 e. The molecule has 0 amide bonds. The van der Waals surface area contributed by atoms with E-state index >= 15 is 0 Å². The van der Waals surface area contributed by atoms with Crippen LogP contribution in [0.15, 0.2) is 42.0 Å². The summed E-state index contributed by atoms with van der Waals surface area (Å²) in [5.74, 6) is 2.91. The molecule has 1 aromatic carbocycles.